The minimum absolute atomic E-state index is 0.329. The lowest BCUT2D eigenvalue weighted by atomic mass is 10.1. The summed E-state index contributed by atoms with van der Waals surface area (Å²) in [5, 5.41) is 1.35. The number of halogens is 3. The SMILES string of the molecule is O=C1O/C(=C\c2ccc(Cl)cc2)c2cc(Cl)c(Cl)cc21. The van der Waals surface area contributed by atoms with Crippen LogP contribution in [0.4, 0.5) is 0 Å². The van der Waals surface area contributed by atoms with Gasteiger partial charge in [-0.3, -0.25) is 0 Å². The molecule has 20 heavy (non-hydrogen) atoms. The number of carbonyl (C=O) groups excluding carboxylic acids is 1. The summed E-state index contributed by atoms with van der Waals surface area (Å²) in [4.78, 5) is 11.8. The van der Waals surface area contributed by atoms with E-state index in [1.165, 1.54) is 6.07 Å². The zero-order valence-corrected chi connectivity index (χ0v) is 12.3. The molecule has 0 aromatic heterocycles. The number of rotatable bonds is 1. The summed E-state index contributed by atoms with van der Waals surface area (Å²) in [6.45, 7) is 0. The van der Waals surface area contributed by atoms with Crippen molar-refractivity contribution in [3.05, 3.63) is 68.2 Å². The van der Waals surface area contributed by atoms with Gasteiger partial charge in [0.15, 0.2) is 0 Å². The molecule has 0 N–H and O–H groups in total. The Hall–Kier alpha value is -1.48. The lowest BCUT2D eigenvalue weighted by Gasteiger charge is -2.01. The van der Waals surface area contributed by atoms with Gasteiger partial charge in [-0.2, -0.15) is 0 Å². The van der Waals surface area contributed by atoms with Gasteiger partial charge in [-0.05, 0) is 35.9 Å². The molecule has 3 rings (SSSR count). The first-order valence-corrected chi connectivity index (χ1v) is 6.87. The molecule has 100 valence electrons. The summed E-state index contributed by atoms with van der Waals surface area (Å²) in [7, 11) is 0. The Bertz CT molecular complexity index is 734. The molecule has 0 amide bonds. The molecule has 1 aliphatic rings. The van der Waals surface area contributed by atoms with Gasteiger partial charge in [0.2, 0.25) is 0 Å². The van der Waals surface area contributed by atoms with Crippen molar-refractivity contribution in [2.45, 2.75) is 0 Å². The van der Waals surface area contributed by atoms with E-state index in [4.69, 9.17) is 39.5 Å². The molecule has 2 aromatic rings. The van der Waals surface area contributed by atoms with Crippen LogP contribution in [-0.4, -0.2) is 5.97 Å². The monoisotopic (exact) mass is 324 g/mol. The van der Waals surface area contributed by atoms with Gasteiger partial charge in [-0.15, -0.1) is 0 Å². The number of ether oxygens (including phenoxy) is 1. The quantitative estimate of drug-likeness (QED) is 0.664. The average molecular weight is 326 g/mol. The topological polar surface area (TPSA) is 26.3 Å². The van der Waals surface area contributed by atoms with Crippen molar-refractivity contribution in [1.29, 1.82) is 0 Å². The molecule has 0 saturated heterocycles. The minimum Gasteiger partial charge on any atom is -0.422 e. The average Bonchev–Trinajstić information content (AvgIpc) is 2.70. The highest BCUT2D eigenvalue weighted by molar-refractivity contribution is 6.42. The van der Waals surface area contributed by atoms with Crippen molar-refractivity contribution >= 4 is 52.6 Å². The highest BCUT2D eigenvalue weighted by Gasteiger charge is 2.27. The molecule has 1 heterocycles. The van der Waals surface area contributed by atoms with E-state index in [1.807, 2.05) is 12.1 Å². The normalized spacial score (nSPS) is 15.3. The summed E-state index contributed by atoms with van der Waals surface area (Å²) in [6, 6.07) is 10.3. The Morgan fingerprint density at radius 2 is 1.50 bits per heavy atom. The maximum atomic E-state index is 11.8. The third-order valence-electron chi connectivity index (χ3n) is 2.92. The molecule has 0 aliphatic carbocycles. The number of esters is 1. The maximum Gasteiger partial charge on any atom is 0.344 e. The largest absolute Gasteiger partial charge is 0.422 e. The predicted molar refractivity (Wildman–Crippen MR) is 81.2 cm³/mol. The van der Waals surface area contributed by atoms with Gasteiger partial charge >= 0.3 is 5.97 Å². The molecule has 0 unspecified atom stereocenters. The van der Waals surface area contributed by atoms with Crippen LogP contribution in [-0.2, 0) is 4.74 Å². The molecule has 0 radical (unpaired) electrons. The number of fused-ring (bicyclic) bond motifs is 1. The van der Waals surface area contributed by atoms with Gasteiger partial charge in [0, 0.05) is 10.6 Å². The number of benzene rings is 2. The van der Waals surface area contributed by atoms with Crippen LogP contribution in [0.1, 0.15) is 21.5 Å². The first kappa shape index (κ1) is 13.5. The molecular formula is C15H7Cl3O2. The molecule has 2 nitrogen and oxygen atoms in total. The second-order valence-electron chi connectivity index (χ2n) is 4.26. The standard InChI is InChI=1S/C15H7Cl3O2/c16-9-3-1-8(2-4-9)5-14-10-6-12(17)13(18)7-11(10)15(19)20-14/h1-7H/b14-5-. The fourth-order valence-corrected chi connectivity index (χ4v) is 2.40. The van der Waals surface area contributed by atoms with Crippen molar-refractivity contribution in [3.8, 4) is 0 Å². The Balaban J connectivity index is 2.09. The fraction of sp³-hybridized carbons (Fsp3) is 0. The van der Waals surface area contributed by atoms with E-state index in [2.05, 4.69) is 0 Å². The predicted octanol–water partition coefficient (Wildman–Crippen LogP) is 5.32. The minimum atomic E-state index is -0.432. The van der Waals surface area contributed by atoms with Crippen LogP contribution in [0, 0.1) is 0 Å². The molecule has 2 aromatic carbocycles. The summed E-state index contributed by atoms with van der Waals surface area (Å²) in [5.74, 6) is 0.0182. The van der Waals surface area contributed by atoms with Gasteiger partial charge < -0.3 is 4.74 Å². The second kappa shape index (κ2) is 5.13. The van der Waals surface area contributed by atoms with Crippen molar-refractivity contribution in [2.24, 2.45) is 0 Å². The zero-order chi connectivity index (χ0) is 14.3. The molecular weight excluding hydrogens is 319 g/mol. The lowest BCUT2D eigenvalue weighted by Crippen LogP contribution is -1.93. The molecule has 5 heteroatoms. The van der Waals surface area contributed by atoms with Crippen LogP contribution in [0.25, 0.3) is 11.8 Å². The second-order valence-corrected chi connectivity index (χ2v) is 5.51. The van der Waals surface area contributed by atoms with Gasteiger partial charge in [-0.1, -0.05) is 46.9 Å². The zero-order valence-electron chi connectivity index (χ0n) is 9.99. The van der Waals surface area contributed by atoms with Crippen molar-refractivity contribution in [1.82, 2.24) is 0 Å². The Morgan fingerprint density at radius 1 is 0.900 bits per heavy atom. The van der Waals surface area contributed by atoms with Crippen LogP contribution >= 0.6 is 34.8 Å². The van der Waals surface area contributed by atoms with Crippen LogP contribution < -0.4 is 0 Å². The summed E-state index contributed by atoms with van der Waals surface area (Å²) < 4.78 is 5.25. The highest BCUT2D eigenvalue weighted by atomic mass is 35.5. The molecule has 1 aliphatic heterocycles. The van der Waals surface area contributed by atoms with E-state index in [1.54, 1.807) is 24.3 Å². The smallest absolute Gasteiger partial charge is 0.344 e. The summed E-state index contributed by atoms with van der Waals surface area (Å²) in [5.41, 5.74) is 1.93. The lowest BCUT2D eigenvalue weighted by molar-refractivity contribution is 0.0717. The molecule has 0 saturated carbocycles. The van der Waals surface area contributed by atoms with E-state index in [-0.39, 0.29) is 0 Å². The highest BCUT2D eigenvalue weighted by Crippen LogP contribution is 2.36. The van der Waals surface area contributed by atoms with Crippen LogP contribution in [0.3, 0.4) is 0 Å². The van der Waals surface area contributed by atoms with Gasteiger partial charge in [0.1, 0.15) is 5.76 Å². The Labute approximate surface area is 130 Å². The molecule has 0 atom stereocenters. The van der Waals surface area contributed by atoms with Crippen molar-refractivity contribution < 1.29 is 9.53 Å². The van der Waals surface area contributed by atoms with Crippen molar-refractivity contribution in [3.63, 3.8) is 0 Å². The van der Waals surface area contributed by atoms with E-state index < -0.39 is 5.97 Å². The molecule has 0 bridgehead atoms. The summed E-state index contributed by atoms with van der Waals surface area (Å²) >= 11 is 17.7. The first-order chi connectivity index (χ1) is 9.54. The maximum absolute atomic E-state index is 11.8. The first-order valence-electron chi connectivity index (χ1n) is 5.73. The fourth-order valence-electron chi connectivity index (χ4n) is 1.95. The van der Waals surface area contributed by atoms with Crippen LogP contribution in [0.2, 0.25) is 15.1 Å². The summed E-state index contributed by atoms with van der Waals surface area (Å²) in [6.07, 6.45) is 1.75. The Kier molecular flexibility index (Phi) is 3.47. The molecule has 0 spiro atoms. The van der Waals surface area contributed by atoms with E-state index in [0.717, 1.165) is 5.56 Å². The third kappa shape index (κ3) is 2.42. The van der Waals surface area contributed by atoms with Crippen molar-refractivity contribution in [2.75, 3.05) is 0 Å². The van der Waals surface area contributed by atoms with E-state index >= 15 is 0 Å². The number of cyclic esters (lactones) is 1. The molecule has 0 fully saturated rings. The van der Waals surface area contributed by atoms with Gasteiger partial charge in [0.05, 0.1) is 15.6 Å². The Morgan fingerprint density at radius 3 is 2.15 bits per heavy atom. The third-order valence-corrected chi connectivity index (χ3v) is 3.89. The van der Waals surface area contributed by atoms with E-state index in [0.29, 0.717) is 32.0 Å². The van der Waals surface area contributed by atoms with Gasteiger partial charge in [0.25, 0.3) is 0 Å². The number of hydrogen-bond acceptors (Lipinski definition) is 2. The number of hydrogen-bond donors (Lipinski definition) is 0. The van der Waals surface area contributed by atoms with E-state index in [9.17, 15) is 4.79 Å². The van der Waals surface area contributed by atoms with Crippen LogP contribution in [0.5, 0.6) is 0 Å². The van der Waals surface area contributed by atoms with Gasteiger partial charge in [-0.25, -0.2) is 4.79 Å². The number of carbonyl (C=O) groups is 1. The van der Waals surface area contributed by atoms with Crippen LogP contribution in [0.15, 0.2) is 36.4 Å².